The van der Waals surface area contributed by atoms with Crippen LogP contribution in [0, 0.1) is 0 Å². The summed E-state index contributed by atoms with van der Waals surface area (Å²) in [6.45, 7) is 0. The molecule has 0 bridgehead atoms. The molecule has 0 amide bonds. The van der Waals surface area contributed by atoms with Crippen molar-refractivity contribution in [3.63, 3.8) is 0 Å². The fourth-order valence-corrected chi connectivity index (χ4v) is 0.241. The lowest BCUT2D eigenvalue weighted by atomic mass is 10.6. The highest BCUT2D eigenvalue weighted by Crippen LogP contribution is 2.28. The second-order valence-electron chi connectivity index (χ2n) is 1.68. The van der Waals surface area contributed by atoms with E-state index >= 15 is 0 Å². The van der Waals surface area contributed by atoms with Crippen LogP contribution < -0.4 is 0 Å². The van der Waals surface area contributed by atoms with Gasteiger partial charge in [0.25, 0.3) is 0 Å². The summed E-state index contributed by atoms with van der Waals surface area (Å²) in [6, 6.07) is -7.12. The van der Waals surface area contributed by atoms with E-state index in [1.165, 1.54) is 0 Å². The fraction of sp³-hybridized carbons (Fsp3) is 0.500. The summed E-state index contributed by atoms with van der Waals surface area (Å²) in [7, 11) is 0. The number of carbonyl (C=O) groups excluding carboxylic acids is 2. The molecule has 0 heterocycles. The Labute approximate surface area is 66.3 Å². The average molecular weight is 210 g/mol. The second-order valence-corrected chi connectivity index (χ2v) is 1.68. The molecule has 0 spiro atoms. The third-order valence-corrected chi connectivity index (χ3v) is 0.714. The molecule has 0 rings (SSSR count). The van der Waals surface area contributed by atoms with Crippen LogP contribution in [0.4, 0.5) is 26.3 Å². The van der Waals surface area contributed by atoms with Crippen molar-refractivity contribution in [1.29, 1.82) is 0 Å². The van der Waals surface area contributed by atoms with Gasteiger partial charge in [0.15, 0.2) is 0 Å². The van der Waals surface area contributed by atoms with E-state index in [1.807, 2.05) is 4.74 Å². The quantitative estimate of drug-likeness (QED) is 0.516. The van der Waals surface area contributed by atoms with Gasteiger partial charge >= 0.3 is 24.3 Å². The maximum absolute atomic E-state index is 11.7. The van der Waals surface area contributed by atoms with Gasteiger partial charge in [-0.1, -0.05) is 0 Å². The van der Waals surface area contributed by atoms with Crippen LogP contribution in [0.5, 0.6) is 0 Å². The van der Waals surface area contributed by atoms with Crippen LogP contribution in [0.15, 0.2) is 0 Å². The van der Waals surface area contributed by atoms with Crippen LogP contribution in [0.3, 0.4) is 0 Å². The Balaban J connectivity index is 4.61. The van der Waals surface area contributed by atoms with Crippen LogP contribution in [0.25, 0.3) is 0 Å². The number of alkyl halides is 4. The second kappa shape index (κ2) is 3.32. The predicted octanol–water partition coefficient (Wildman–Crippen LogP) is 1.18. The number of ether oxygens (including phenoxy) is 1. The van der Waals surface area contributed by atoms with Gasteiger partial charge < -0.3 is 0 Å². The zero-order chi connectivity index (χ0) is 10.9. The van der Waals surface area contributed by atoms with Crippen molar-refractivity contribution in [2.24, 2.45) is 0 Å². The maximum atomic E-state index is 11.7. The van der Waals surface area contributed by atoms with E-state index in [-0.39, 0.29) is 0 Å². The van der Waals surface area contributed by atoms with E-state index in [4.69, 9.17) is 0 Å². The Morgan fingerprint density at radius 3 is 1.23 bits per heavy atom. The molecule has 0 aliphatic carbocycles. The molecule has 0 aliphatic heterocycles. The average Bonchev–Trinajstić information content (AvgIpc) is 1.83. The summed E-state index contributed by atoms with van der Waals surface area (Å²) in [6.07, 6.45) is -11.1. The first kappa shape index (κ1) is 11.9. The minimum Gasteiger partial charge on any atom is -0.251 e. The van der Waals surface area contributed by atoms with E-state index < -0.39 is 24.3 Å². The van der Waals surface area contributed by atoms with Crippen molar-refractivity contribution in [2.75, 3.05) is 0 Å². The number of halogens is 6. The van der Waals surface area contributed by atoms with Gasteiger partial charge in [-0.2, -0.15) is 26.3 Å². The van der Waals surface area contributed by atoms with Crippen molar-refractivity contribution in [3.05, 3.63) is 0 Å². The lowest BCUT2D eigenvalue weighted by Crippen LogP contribution is -2.41. The minimum absolute atomic E-state index is 2.03. The van der Waals surface area contributed by atoms with Crippen LogP contribution in [-0.4, -0.2) is 24.3 Å². The van der Waals surface area contributed by atoms with Crippen molar-refractivity contribution < 1.29 is 40.7 Å². The molecule has 9 heteroatoms. The fourth-order valence-electron chi connectivity index (χ4n) is 0.241. The number of carbonyl (C=O) groups is 2. The molecule has 0 atom stereocenters. The molecular weight excluding hydrogens is 210 g/mol. The van der Waals surface area contributed by atoms with E-state index in [2.05, 4.69) is 0 Å². The van der Waals surface area contributed by atoms with Gasteiger partial charge in [-0.25, -0.2) is 4.74 Å². The summed E-state index contributed by atoms with van der Waals surface area (Å²) in [5.41, 5.74) is 0. The van der Waals surface area contributed by atoms with Gasteiger partial charge in [-0.05, 0) is 0 Å². The first-order chi connectivity index (χ1) is 5.59. The van der Waals surface area contributed by atoms with Crippen molar-refractivity contribution in [3.8, 4) is 0 Å². The molecule has 0 N–H and O–H groups in total. The van der Waals surface area contributed by atoms with Gasteiger partial charge in [0, 0.05) is 0 Å². The van der Waals surface area contributed by atoms with E-state index in [0.717, 1.165) is 0 Å². The molecule has 0 saturated carbocycles. The standard InChI is InChI=1S/C4F6O3/c5-1(11)3(7,8)13-4(9,10)2(6)12. The monoisotopic (exact) mass is 210 g/mol. The van der Waals surface area contributed by atoms with E-state index in [9.17, 15) is 35.9 Å². The molecule has 3 nitrogen and oxygen atoms in total. The Morgan fingerprint density at radius 2 is 1.08 bits per heavy atom. The number of hydrogen-bond acceptors (Lipinski definition) is 3. The number of hydrogen-bond donors (Lipinski definition) is 0. The molecule has 0 aromatic heterocycles. The van der Waals surface area contributed by atoms with E-state index in [1.54, 1.807) is 0 Å². The maximum Gasteiger partial charge on any atom is 0.453 e. The topological polar surface area (TPSA) is 43.4 Å². The van der Waals surface area contributed by atoms with Gasteiger partial charge in [0.1, 0.15) is 0 Å². The molecular formula is C4F6O3. The summed E-state index contributed by atoms with van der Waals surface area (Å²) in [4.78, 5) is 18.5. The van der Waals surface area contributed by atoms with Crippen LogP contribution in [0.2, 0.25) is 0 Å². The lowest BCUT2D eigenvalue weighted by molar-refractivity contribution is -0.347. The summed E-state index contributed by atoms with van der Waals surface area (Å²) in [5, 5.41) is 0. The molecule has 13 heavy (non-hydrogen) atoms. The molecule has 0 aromatic rings. The molecule has 0 fully saturated rings. The molecule has 0 saturated heterocycles. The summed E-state index contributed by atoms with van der Waals surface area (Å²) < 4.78 is 71.0. The third-order valence-electron chi connectivity index (χ3n) is 0.714. The SMILES string of the molecule is O=C(F)C(F)(F)OC(F)(F)C(=O)F. The zero-order valence-corrected chi connectivity index (χ0v) is 5.49. The van der Waals surface area contributed by atoms with Gasteiger partial charge in [0.05, 0.1) is 0 Å². The Bertz CT molecular complexity index is 212. The first-order valence-corrected chi connectivity index (χ1v) is 2.45. The highest BCUT2D eigenvalue weighted by atomic mass is 19.3. The Hall–Kier alpha value is -1.12. The van der Waals surface area contributed by atoms with E-state index in [0.29, 0.717) is 0 Å². The van der Waals surface area contributed by atoms with Crippen LogP contribution in [-0.2, 0) is 14.3 Å². The normalized spacial score (nSPS) is 12.8. The lowest BCUT2D eigenvalue weighted by Gasteiger charge is -2.15. The first-order valence-electron chi connectivity index (χ1n) is 2.45. The molecule has 0 aromatic carbocycles. The molecule has 76 valence electrons. The van der Waals surface area contributed by atoms with Crippen molar-refractivity contribution in [1.82, 2.24) is 0 Å². The molecule has 0 aliphatic rings. The highest BCUT2D eigenvalue weighted by molar-refractivity contribution is 5.77. The summed E-state index contributed by atoms with van der Waals surface area (Å²) in [5.74, 6) is 0. The largest absolute Gasteiger partial charge is 0.453 e. The Kier molecular flexibility index (Phi) is 3.04. The smallest absolute Gasteiger partial charge is 0.251 e. The predicted molar refractivity (Wildman–Crippen MR) is 23.2 cm³/mol. The molecule has 0 radical (unpaired) electrons. The van der Waals surface area contributed by atoms with Crippen molar-refractivity contribution >= 4 is 12.1 Å². The Morgan fingerprint density at radius 1 is 0.846 bits per heavy atom. The van der Waals surface area contributed by atoms with Crippen LogP contribution in [0.1, 0.15) is 0 Å². The highest BCUT2D eigenvalue weighted by Gasteiger charge is 2.55. The third kappa shape index (κ3) is 3.01. The molecule has 0 unspecified atom stereocenters. The van der Waals surface area contributed by atoms with Gasteiger partial charge in [-0.3, -0.25) is 9.59 Å². The van der Waals surface area contributed by atoms with Gasteiger partial charge in [0.2, 0.25) is 0 Å². The van der Waals surface area contributed by atoms with Gasteiger partial charge in [-0.15, -0.1) is 0 Å². The zero-order valence-electron chi connectivity index (χ0n) is 5.49. The minimum atomic E-state index is -5.55. The summed E-state index contributed by atoms with van der Waals surface area (Å²) >= 11 is 0. The van der Waals surface area contributed by atoms with Crippen LogP contribution >= 0.6 is 0 Å². The van der Waals surface area contributed by atoms with Crippen molar-refractivity contribution in [2.45, 2.75) is 12.2 Å². The number of rotatable bonds is 4.